The average molecular weight is 583 g/mol. The zero-order valence-electron chi connectivity index (χ0n) is 22.3. The van der Waals surface area contributed by atoms with E-state index in [2.05, 4.69) is 42.0 Å². The van der Waals surface area contributed by atoms with Crippen molar-refractivity contribution in [1.29, 1.82) is 5.26 Å². The van der Waals surface area contributed by atoms with Gasteiger partial charge in [0.25, 0.3) is 5.88 Å². The molecule has 0 amide bonds. The standard InChI is InChI=1S/C26H25F3N10O3/c1-16(12-38-15-33-36-37-38)42-23-8-17(2-3-18(23)9-30)19-10-31-25(32-11-19)34-22-13-39(20-4-6-21(40)7-5-20)35-24(22)41-14-26(27,28)29/h2-3,8,10-11,13,15-16,20H,4-7,12,14H2,1H3,(H,31,32,34)/t16-/m0/s1. The van der Waals surface area contributed by atoms with Crippen LogP contribution in [0.4, 0.5) is 24.8 Å². The molecule has 0 bridgehead atoms. The van der Waals surface area contributed by atoms with E-state index >= 15 is 0 Å². The highest BCUT2D eigenvalue weighted by atomic mass is 19.4. The first kappa shape index (κ1) is 28.5. The lowest BCUT2D eigenvalue weighted by Gasteiger charge is -2.20. The summed E-state index contributed by atoms with van der Waals surface area (Å²) in [4.78, 5) is 20.2. The molecule has 1 N–H and O–H groups in total. The van der Waals surface area contributed by atoms with Crippen LogP contribution in [0.3, 0.4) is 0 Å². The molecule has 5 rings (SSSR count). The Labute approximate surface area is 237 Å². The quantitative estimate of drug-likeness (QED) is 0.288. The number of ether oxygens (including phenoxy) is 2. The summed E-state index contributed by atoms with van der Waals surface area (Å²) >= 11 is 0. The van der Waals surface area contributed by atoms with Crippen LogP contribution < -0.4 is 14.8 Å². The minimum atomic E-state index is -4.55. The highest BCUT2D eigenvalue weighted by Crippen LogP contribution is 2.33. The number of nitrogens with one attached hydrogen (secondary N) is 1. The fourth-order valence-electron chi connectivity index (χ4n) is 4.43. The number of aromatic nitrogens is 8. The van der Waals surface area contributed by atoms with Gasteiger partial charge in [0.1, 0.15) is 35.7 Å². The molecular weight excluding hydrogens is 557 g/mol. The second kappa shape index (κ2) is 12.2. The Morgan fingerprint density at radius 2 is 1.95 bits per heavy atom. The maximum Gasteiger partial charge on any atom is 0.422 e. The third kappa shape index (κ3) is 7.16. The van der Waals surface area contributed by atoms with Crippen LogP contribution in [0.25, 0.3) is 11.1 Å². The Morgan fingerprint density at radius 3 is 2.62 bits per heavy atom. The van der Waals surface area contributed by atoms with Gasteiger partial charge in [-0.3, -0.25) is 9.48 Å². The minimum absolute atomic E-state index is 0.106. The Kier molecular flexibility index (Phi) is 8.27. The molecule has 3 heterocycles. The molecule has 1 atom stereocenters. The number of hydrogen-bond donors (Lipinski definition) is 1. The molecule has 1 aliphatic rings. The summed E-state index contributed by atoms with van der Waals surface area (Å²) < 4.78 is 52.6. The number of benzene rings is 1. The fraction of sp³-hybridized carbons (Fsp3) is 0.385. The van der Waals surface area contributed by atoms with Gasteiger partial charge in [-0.2, -0.15) is 18.4 Å². The van der Waals surface area contributed by atoms with Crippen molar-refractivity contribution in [3.63, 3.8) is 0 Å². The van der Waals surface area contributed by atoms with Gasteiger partial charge < -0.3 is 14.8 Å². The zero-order valence-corrected chi connectivity index (χ0v) is 22.3. The van der Waals surface area contributed by atoms with E-state index in [9.17, 15) is 23.2 Å². The number of ketones is 1. The molecule has 1 aliphatic carbocycles. The molecule has 1 aromatic carbocycles. The highest BCUT2D eigenvalue weighted by molar-refractivity contribution is 5.79. The van der Waals surface area contributed by atoms with E-state index in [1.54, 1.807) is 18.2 Å². The number of tetrazole rings is 1. The maximum atomic E-state index is 12.9. The van der Waals surface area contributed by atoms with Crippen LogP contribution in [0.2, 0.25) is 0 Å². The molecule has 0 saturated heterocycles. The number of carbonyl (C=O) groups excluding carboxylic acids is 1. The van der Waals surface area contributed by atoms with Crippen molar-refractivity contribution >= 4 is 17.4 Å². The van der Waals surface area contributed by atoms with Gasteiger partial charge in [-0.25, -0.2) is 14.6 Å². The predicted molar refractivity (Wildman–Crippen MR) is 140 cm³/mol. The van der Waals surface area contributed by atoms with Gasteiger partial charge in [0.2, 0.25) is 5.95 Å². The zero-order chi connectivity index (χ0) is 29.7. The number of nitrogens with zero attached hydrogens (tertiary/aromatic N) is 9. The normalized spacial score (nSPS) is 14.8. The summed E-state index contributed by atoms with van der Waals surface area (Å²) in [5.41, 5.74) is 1.79. The Balaban J connectivity index is 1.32. The van der Waals surface area contributed by atoms with Crippen LogP contribution in [0.15, 0.2) is 43.1 Å². The largest absolute Gasteiger partial charge is 0.487 e. The monoisotopic (exact) mass is 582 g/mol. The van der Waals surface area contributed by atoms with Gasteiger partial charge >= 0.3 is 6.18 Å². The molecular formula is C26H25F3N10O3. The summed E-state index contributed by atoms with van der Waals surface area (Å²) in [6, 6.07) is 7.01. The number of hydrogen-bond acceptors (Lipinski definition) is 11. The lowest BCUT2D eigenvalue weighted by Crippen LogP contribution is -2.20. The number of halogens is 3. The Morgan fingerprint density at radius 1 is 1.19 bits per heavy atom. The van der Waals surface area contributed by atoms with Crippen LogP contribution >= 0.6 is 0 Å². The van der Waals surface area contributed by atoms with E-state index in [1.165, 1.54) is 34.3 Å². The van der Waals surface area contributed by atoms with Gasteiger partial charge in [-0.05, 0) is 47.9 Å². The first-order valence-corrected chi connectivity index (χ1v) is 13.0. The highest BCUT2D eigenvalue weighted by Gasteiger charge is 2.30. The topological polar surface area (TPSA) is 159 Å². The van der Waals surface area contributed by atoms with Crippen molar-refractivity contribution in [3.8, 4) is 28.8 Å². The molecule has 0 radical (unpaired) electrons. The molecule has 0 spiro atoms. The van der Waals surface area contributed by atoms with Gasteiger partial charge in [-0.15, -0.1) is 10.2 Å². The SMILES string of the molecule is C[C@@H](Cn1cnnn1)Oc1cc(-c2cnc(Nc3cn(C4CCC(=O)CC4)nc3OCC(F)(F)F)nc2)ccc1C#N. The summed E-state index contributed by atoms with van der Waals surface area (Å²) in [5, 5.41) is 27.6. The molecule has 1 saturated carbocycles. The number of rotatable bonds is 10. The first-order valence-electron chi connectivity index (χ1n) is 13.0. The molecule has 42 heavy (non-hydrogen) atoms. The summed E-state index contributed by atoms with van der Waals surface area (Å²) in [6.45, 7) is 0.677. The predicted octanol–water partition coefficient (Wildman–Crippen LogP) is 4.03. The molecule has 218 valence electrons. The van der Waals surface area contributed by atoms with Crippen LogP contribution in [0, 0.1) is 11.3 Å². The van der Waals surface area contributed by atoms with Crippen LogP contribution in [0.1, 0.15) is 44.2 Å². The van der Waals surface area contributed by atoms with Crippen molar-refractivity contribution in [1.82, 2.24) is 40.0 Å². The Hall–Kier alpha value is -5.07. The second-order valence-electron chi connectivity index (χ2n) is 9.71. The maximum absolute atomic E-state index is 12.9. The fourth-order valence-corrected chi connectivity index (χ4v) is 4.43. The number of carbonyl (C=O) groups is 1. The van der Waals surface area contributed by atoms with Gasteiger partial charge in [0.05, 0.1) is 24.3 Å². The lowest BCUT2D eigenvalue weighted by atomic mass is 9.95. The number of nitriles is 1. The molecule has 4 aromatic rings. The smallest absolute Gasteiger partial charge is 0.422 e. The third-order valence-electron chi connectivity index (χ3n) is 6.46. The van der Waals surface area contributed by atoms with Crippen molar-refractivity contribution in [2.24, 2.45) is 0 Å². The van der Waals surface area contributed by atoms with Crippen molar-refractivity contribution in [3.05, 3.63) is 48.7 Å². The molecule has 1 fully saturated rings. The van der Waals surface area contributed by atoms with Crippen molar-refractivity contribution in [2.75, 3.05) is 11.9 Å². The molecule has 13 nitrogen and oxygen atoms in total. The van der Waals surface area contributed by atoms with Gasteiger partial charge in [0.15, 0.2) is 6.61 Å². The second-order valence-corrected chi connectivity index (χ2v) is 9.71. The molecule has 0 aliphatic heterocycles. The average Bonchev–Trinajstić information content (AvgIpc) is 3.62. The van der Waals surface area contributed by atoms with Crippen molar-refractivity contribution in [2.45, 2.75) is 57.5 Å². The first-order chi connectivity index (χ1) is 20.2. The van der Waals surface area contributed by atoms with E-state index in [-0.39, 0.29) is 35.4 Å². The van der Waals surface area contributed by atoms with Crippen LogP contribution in [0.5, 0.6) is 11.6 Å². The van der Waals surface area contributed by atoms with Gasteiger partial charge in [-0.1, -0.05) is 6.07 Å². The summed E-state index contributed by atoms with van der Waals surface area (Å²) in [7, 11) is 0. The summed E-state index contributed by atoms with van der Waals surface area (Å²) in [5.74, 6) is 0.371. The van der Waals surface area contributed by atoms with Crippen LogP contribution in [-0.4, -0.2) is 64.6 Å². The van der Waals surface area contributed by atoms with Gasteiger partial charge in [0, 0.05) is 30.8 Å². The van der Waals surface area contributed by atoms with Crippen molar-refractivity contribution < 1.29 is 27.4 Å². The number of alkyl halides is 3. The molecule has 3 aromatic heterocycles. The number of Topliss-reactive ketones (excluding diaryl/α,β-unsaturated/α-hetero) is 1. The van der Waals surface area contributed by atoms with E-state index in [0.29, 0.717) is 54.7 Å². The molecule has 0 unspecified atom stereocenters. The van der Waals surface area contributed by atoms with Crippen LogP contribution in [-0.2, 0) is 11.3 Å². The Bertz CT molecular complexity index is 1560. The van der Waals surface area contributed by atoms with E-state index < -0.39 is 12.8 Å². The van der Waals surface area contributed by atoms with E-state index in [4.69, 9.17) is 9.47 Å². The number of anilines is 2. The van der Waals surface area contributed by atoms with E-state index in [0.717, 1.165) is 0 Å². The van der Waals surface area contributed by atoms with E-state index in [1.807, 2.05) is 6.92 Å². The molecule has 16 heteroatoms. The summed E-state index contributed by atoms with van der Waals surface area (Å²) in [6.07, 6.45) is 3.00. The minimum Gasteiger partial charge on any atom is -0.487 e. The lowest BCUT2D eigenvalue weighted by molar-refractivity contribution is -0.154. The third-order valence-corrected chi connectivity index (χ3v) is 6.46.